The summed E-state index contributed by atoms with van der Waals surface area (Å²) >= 11 is 0. The summed E-state index contributed by atoms with van der Waals surface area (Å²) in [5, 5.41) is 3.53. The zero-order valence-corrected chi connectivity index (χ0v) is 15.7. The zero-order chi connectivity index (χ0) is 18.5. The summed E-state index contributed by atoms with van der Waals surface area (Å²) in [5.74, 6) is 1.32. The number of hydrogen-bond acceptors (Lipinski definition) is 4. The van der Waals surface area contributed by atoms with Gasteiger partial charge < -0.3 is 19.7 Å². The molecule has 1 unspecified atom stereocenters. The third kappa shape index (κ3) is 4.34. The van der Waals surface area contributed by atoms with Crippen LogP contribution < -0.4 is 14.8 Å². The Kier molecular flexibility index (Phi) is 6.12. The minimum Gasteiger partial charge on any atom is -0.493 e. The van der Waals surface area contributed by atoms with Crippen LogP contribution >= 0.6 is 0 Å². The van der Waals surface area contributed by atoms with Gasteiger partial charge in [0.2, 0.25) is 0 Å². The van der Waals surface area contributed by atoms with Crippen molar-refractivity contribution in [3.63, 3.8) is 0 Å². The van der Waals surface area contributed by atoms with Gasteiger partial charge in [0.05, 0.1) is 19.8 Å². The molecule has 5 heteroatoms. The molecule has 1 N–H and O–H groups in total. The second kappa shape index (κ2) is 8.52. The third-order valence-corrected chi connectivity index (χ3v) is 4.69. The number of nitrogens with one attached hydrogen (secondary N) is 1. The molecule has 0 bridgehead atoms. The van der Waals surface area contributed by atoms with Crippen LogP contribution in [0.3, 0.4) is 0 Å². The highest BCUT2D eigenvalue weighted by Crippen LogP contribution is 2.37. The first-order valence-corrected chi connectivity index (χ1v) is 9.05. The first-order valence-electron chi connectivity index (χ1n) is 9.05. The Labute approximate surface area is 154 Å². The van der Waals surface area contributed by atoms with Crippen molar-refractivity contribution in [2.45, 2.75) is 18.9 Å². The Morgan fingerprint density at radius 1 is 1.15 bits per heavy atom. The minimum atomic E-state index is -0.218. The van der Waals surface area contributed by atoms with Gasteiger partial charge in [-0.3, -0.25) is 0 Å². The van der Waals surface area contributed by atoms with E-state index in [1.54, 1.807) is 7.11 Å². The van der Waals surface area contributed by atoms with Crippen LogP contribution in [0.5, 0.6) is 11.5 Å². The van der Waals surface area contributed by atoms with Crippen molar-refractivity contribution in [2.75, 3.05) is 40.9 Å². The first kappa shape index (κ1) is 18.7. The van der Waals surface area contributed by atoms with Crippen LogP contribution in [0.4, 0.5) is 4.39 Å². The number of methoxy groups -OCH3 is 1. The van der Waals surface area contributed by atoms with Crippen LogP contribution in [0.25, 0.3) is 0 Å². The molecule has 0 radical (unpaired) electrons. The predicted molar refractivity (Wildman–Crippen MR) is 102 cm³/mol. The third-order valence-electron chi connectivity index (χ3n) is 4.69. The Morgan fingerprint density at radius 3 is 2.62 bits per heavy atom. The molecule has 3 rings (SSSR count). The quantitative estimate of drug-likeness (QED) is 0.769. The highest BCUT2D eigenvalue weighted by molar-refractivity contribution is 5.51. The highest BCUT2D eigenvalue weighted by Gasteiger charge is 2.24. The Hall–Kier alpha value is -2.11. The molecule has 2 aromatic rings. The molecule has 4 nitrogen and oxygen atoms in total. The maximum Gasteiger partial charge on any atom is 0.161 e. The van der Waals surface area contributed by atoms with E-state index < -0.39 is 0 Å². The van der Waals surface area contributed by atoms with Gasteiger partial charge in [0.25, 0.3) is 0 Å². The fourth-order valence-corrected chi connectivity index (χ4v) is 3.35. The van der Waals surface area contributed by atoms with Crippen LogP contribution in [0.2, 0.25) is 0 Å². The number of hydrogen-bond donors (Lipinski definition) is 1. The van der Waals surface area contributed by atoms with E-state index in [2.05, 4.69) is 36.4 Å². The average Bonchev–Trinajstić information content (AvgIpc) is 2.64. The van der Waals surface area contributed by atoms with E-state index in [1.165, 1.54) is 23.3 Å². The average molecular weight is 358 g/mol. The van der Waals surface area contributed by atoms with Crippen molar-refractivity contribution < 1.29 is 13.9 Å². The lowest BCUT2D eigenvalue weighted by Gasteiger charge is -2.28. The van der Waals surface area contributed by atoms with Crippen molar-refractivity contribution >= 4 is 0 Å². The van der Waals surface area contributed by atoms with Crippen molar-refractivity contribution in [1.29, 1.82) is 0 Å². The summed E-state index contributed by atoms with van der Waals surface area (Å²) in [6.45, 7) is 2.50. The van der Waals surface area contributed by atoms with Gasteiger partial charge in [0, 0.05) is 13.1 Å². The minimum absolute atomic E-state index is 0.0365. The zero-order valence-electron chi connectivity index (χ0n) is 15.7. The molecule has 0 saturated heterocycles. The molecule has 0 saturated carbocycles. The van der Waals surface area contributed by atoms with Gasteiger partial charge in [-0.05, 0) is 67.9 Å². The molecule has 140 valence electrons. The largest absolute Gasteiger partial charge is 0.493 e. The van der Waals surface area contributed by atoms with Gasteiger partial charge in [0.15, 0.2) is 11.5 Å². The number of halogens is 1. The molecule has 1 heterocycles. The van der Waals surface area contributed by atoms with E-state index in [4.69, 9.17) is 9.47 Å². The molecule has 1 atom stereocenters. The Bertz CT molecular complexity index is 732. The van der Waals surface area contributed by atoms with Crippen molar-refractivity contribution in [2.24, 2.45) is 0 Å². The summed E-state index contributed by atoms with van der Waals surface area (Å²) in [5.41, 5.74) is 3.47. The van der Waals surface area contributed by atoms with Gasteiger partial charge in [0.1, 0.15) is 5.82 Å². The van der Waals surface area contributed by atoms with E-state index >= 15 is 0 Å². The fraction of sp³-hybridized carbons (Fsp3) is 0.429. The molecular formula is C21H27FN2O2. The van der Waals surface area contributed by atoms with E-state index in [1.807, 2.05) is 12.1 Å². The SMILES string of the molecule is COc1cc2c(cc1OCCCN(C)C)C(c1ccc(F)cc1)NCC2. The maximum atomic E-state index is 13.3. The van der Waals surface area contributed by atoms with Crippen LogP contribution in [-0.2, 0) is 6.42 Å². The molecule has 0 aromatic heterocycles. The summed E-state index contributed by atoms with van der Waals surface area (Å²) in [6, 6.07) is 10.9. The first-order chi connectivity index (χ1) is 12.6. The number of rotatable bonds is 7. The Balaban J connectivity index is 1.85. The van der Waals surface area contributed by atoms with Gasteiger partial charge in [-0.15, -0.1) is 0 Å². The lowest BCUT2D eigenvalue weighted by atomic mass is 9.89. The number of fused-ring (bicyclic) bond motifs is 1. The smallest absolute Gasteiger partial charge is 0.161 e. The lowest BCUT2D eigenvalue weighted by molar-refractivity contribution is 0.267. The van der Waals surface area contributed by atoms with Gasteiger partial charge >= 0.3 is 0 Å². The predicted octanol–water partition coefficient (Wildman–Crippen LogP) is 3.40. The van der Waals surface area contributed by atoms with E-state index in [0.29, 0.717) is 6.61 Å². The van der Waals surface area contributed by atoms with Crippen LogP contribution in [0.15, 0.2) is 36.4 Å². The summed E-state index contributed by atoms with van der Waals surface area (Å²) in [6.07, 6.45) is 1.89. The summed E-state index contributed by atoms with van der Waals surface area (Å²) in [4.78, 5) is 2.14. The van der Waals surface area contributed by atoms with E-state index in [-0.39, 0.29) is 11.9 Å². The summed E-state index contributed by atoms with van der Waals surface area (Å²) in [7, 11) is 5.78. The normalized spacial score (nSPS) is 16.4. The van der Waals surface area contributed by atoms with Crippen LogP contribution in [-0.4, -0.2) is 45.8 Å². The van der Waals surface area contributed by atoms with Crippen LogP contribution in [0, 0.1) is 5.82 Å². The topological polar surface area (TPSA) is 33.7 Å². The molecule has 0 amide bonds. The van der Waals surface area contributed by atoms with E-state index in [0.717, 1.165) is 43.0 Å². The fourth-order valence-electron chi connectivity index (χ4n) is 3.35. The van der Waals surface area contributed by atoms with Crippen molar-refractivity contribution in [1.82, 2.24) is 10.2 Å². The number of nitrogens with zero attached hydrogens (tertiary/aromatic N) is 1. The second-order valence-corrected chi connectivity index (χ2v) is 6.90. The van der Waals surface area contributed by atoms with Crippen LogP contribution in [0.1, 0.15) is 29.2 Å². The molecule has 26 heavy (non-hydrogen) atoms. The molecule has 0 spiro atoms. The highest BCUT2D eigenvalue weighted by atomic mass is 19.1. The number of benzene rings is 2. The standard InChI is InChI=1S/C21H27FN2O2/c1-24(2)11-4-12-26-20-14-18-16(13-19(20)25-3)9-10-23-21(18)15-5-7-17(22)8-6-15/h5-8,13-14,21,23H,4,9-12H2,1-3H3. The molecular weight excluding hydrogens is 331 g/mol. The lowest BCUT2D eigenvalue weighted by Crippen LogP contribution is -2.30. The van der Waals surface area contributed by atoms with E-state index in [9.17, 15) is 4.39 Å². The monoisotopic (exact) mass is 358 g/mol. The van der Waals surface area contributed by atoms with Gasteiger partial charge in [-0.2, -0.15) is 0 Å². The molecule has 1 aliphatic rings. The molecule has 0 aliphatic carbocycles. The van der Waals surface area contributed by atoms with Crippen molar-refractivity contribution in [3.05, 3.63) is 58.9 Å². The second-order valence-electron chi connectivity index (χ2n) is 6.90. The molecule has 2 aromatic carbocycles. The molecule has 1 aliphatic heterocycles. The van der Waals surface area contributed by atoms with Gasteiger partial charge in [-0.25, -0.2) is 4.39 Å². The Morgan fingerprint density at radius 2 is 1.92 bits per heavy atom. The molecule has 0 fully saturated rings. The van der Waals surface area contributed by atoms with Crippen molar-refractivity contribution in [3.8, 4) is 11.5 Å². The summed E-state index contributed by atoms with van der Waals surface area (Å²) < 4.78 is 24.8. The maximum absolute atomic E-state index is 13.3. The van der Waals surface area contributed by atoms with Gasteiger partial charge in [-0.1, -0.05) is 12.1 Å². The number of ether oxygens (including phenoxy) is 2.